The Balaban J connectivity index is 1.62. The number of aromatic nitrogens is 3. The first kappa shape index (κ1) is 11.8. The molecule has 0 spiro atoms. The predicted molar refractivity (Wildman–Crippen MR) is 79.2 cm³/mol. The summed E-state index contributed by atoms with van der Waals surface area (Å²) in [7, 11) is 0. The fraction of sp³-hybridized carbons (Fsp3) is 0.438. The van der Waals surface area contributed by atoms with Gasteiger partial charge in [-0.2, -0.15) is 5.10 Å². The number of rotatable bonds is 2. The first-order valence-electron chi connectivity index (χ1n) is 7.30. The smallest absolute Gasteiger partial charge is 0.155 e. The van der Waals surface area contributed by atoms with Gasteiger partial charge in [0.05, 0.1) is 12.7 Å². The molecule has 0 saturated heterocycles. The Kier molecular flexibility index (Phi) is 2.69. The SMILES string of the molecule is Cc1cc(CC2CCC3=C(C=NC3)C2)n2nccc2n1. The molecule has 2 aromatic rings. The number of aliphatic imine (C=N–C) groups is 1. The highest BCUT2D eigenvalue weighted by Crippen LogP contribution is 2.33. The van der Waals surface area contributed by atoms with Crippen LogP contribution in [0.1, 0.15) is 30.7 Å². The van der Waals surface area contributed by atoms with E-state index in [9.17, 15) is 0 Å². The molecule has 0 amide bonds. The maximum atomic E-state index is 4.51. The molecule has 1 unspecified atom stereocenters. The number of fused-ring (bicyclic) bond motifs is 1. The van der Waals surface area contributed by atoms with E-state index in [4.69, 9.17) is 0 Å². The number of aryl methyl sites for hydroxylation is 1. The molecule has 0 aromatic carbocycles. The Labute approximate surface area is 118 Å². The lowest BCUT2D eigenvalue weighted by atomic mass is 9.82. The molecule has 20 heavy (non-hydrogen) atoms. The summed E-state index contributed by atoms with van der Waals surface area (Å²) in [4.78, 5) is 8.91. The molecule has 0 fully saturated rings. The zero-order valence-corrected chi connectivity index (χ0v) is 11.7. The number of allylic oxidation sites excluding steroid dienone is 1. The molecule has 0 N–H and O–H groups in total. The maximum Gasteiger partial charge on any atom is 0.155 e. The van der Waals surface area contributed by atoms with Crippen LogP contribution in [0.15, 0.2) is 34.5 Å². The second kappa shape index (κ2) is 4.54. The van der Waals surface area contributed by atoms with Crippen molar-refractivity contribution in [2.45, 2.75) is 32.6 Å². The van der Waals surface area contributed by atoms with Crippen molar-refractivity contribution in [2.75, 3.05) is 6.54 Å². The van der Waals surface area contributed by atoms with E-state index in [1.54, 1.807) is 5.57 Å². The lowest BCUT2D eigenvalue weighted by molar-refractivity contribution is 0.452. The Morgan fingerprint density at radius 3 is 3.30 bits per heavy atom. The van der Waals surface area contributed by atoms with Crippen molar-refractivity contribution in [3.63, 3.8) is 0 Å². The number of hydrogen-bond donors (Lipinski definition) is 0. The van der Waals surface area contributed by atoms with Crippen molar-refractivity contribution in [1.29, 1.82) is 0 Å². The van der Waals surface area contributed by atoms with Crippen LogP contribution in [0.25, 0.3) is 5.65 Å². The van der Waals surface area contributed by atoms with Gasteiger partial charge in [0.15, 0.2) is 5.65 Å². The molecule has 0 saturated carbocycles. The van der Waals surface area contributed by atoms with Gasteiger partial charge in [-0.3, -0.25) is 4.99 Å². The van der Waals surface area contributed by atoms with Crippen molar-refractivity contribution in [3.8, 4) is 0 Å². The minimum absolute atomic E-state index is 0.701. The van der Waals surface area contributed by atoms with Crippen molar-refractivity contribution in [2.24, 2.45) is 10.9 Å². The van der Waals surface area contributed by atoms with Crippen LogP contribution in [0.2, 0.25) is 0 Å². The second-order valence-electron chi connectivity index (χ2n) is 5.90. The first-order valence-corrected chi connectivity index (χ1v) is 7.30. The van der Waals surface area contributed by atoms with Gasteiger partial charge in [-0.15, -0.1) is 0 Å². The molecule has 0 bridgehead atoms. The largest absolute Gasteiger partial charge is 0.288 e. The van der Waals surface area contributed by atoms with Crippen LogP contribution >= 0.6 is 0 Å². The highest BCUT2D eigenvalue weighted by molar-refractivity contribution is 5.82. The van der Waals surface area contributed by atoms with E-state index >= 15 is 0 Å². The van der Waals surface area contributed by atoms with Crippen molar-refractivity contribution >= 4 is 11.9 Å². The molecule has 4 nitrogen and oxygen atoms in total. The van der Waals surface area contributed by atoms with Crippen molar-refractivity contribution in [1.82, 2.24) is 14.6 Å². The molecule has 0 radical (unpaired) electrons. The topological polar surface area (TPSA) is 42.5 Å². The summed E-state index contributed by atoms with van der Waals surface area (Å²) in [6, 6.07) is 4.15. The van der Waals surface area contributed by atoms with E-state index < -0.39 is 0 Å². The lowest BCUT2D eigenvalue weighted by Crippen LogP contribution is -2.15. The quantitative estimate of drug-likeness (QED) is 0.838. The summed E-state index contributed by atoms with van der Waals surface area (Å²) in [6.45, 7) is 3.00. The average Bonchev–Trinajstić information content (AvgIpc) is 3.05. The molecule has 1 atom stereocenters. The minimum Gasteiger partial charge on any atom is -0.288 e. The Morgan fingerprint density at radius 2 is 2.35 bits per heavy atom. The number of hydrogen-bond acceptors (Lipinski definition) is 3. The van der Waals surface area contributed by atoms with Gasteiger partial charge >= 0.3 is 0 Å². The molecule has 4 heteroatoms. The van der Waals surface area contributed by atoms with Gasteiger partial charge in [0.2, 0.25) is 0 Å². The second-order valence-corrected chi connectivity index (χ2v) is 5.90. The van der Waals surface area contributed by atoms with Gasteiger partial charge in [0.1, 0.15) is 0 Å². The van der Waals surface area contributed by atoms with Gasteiger partial charge in [0, 0.05) is 23.7 Å². The van der Waals surface area contributed by atoms with Crippen LogP contribution in [0.4, 0.5) is 0 Å². The Hall–Kier alpha value is -1.97. The molecule has 2 aromatic heterocycles. The fourth-order valence-electron chi connectivity index (χ4n) is 3.42. The molecular formula is C16H18N4. The third-order valence-electron chi connectivity index (χ3n) is 4.41. The first-order chi connectivity index (χ1) is 9.79. The molecule has 4 rings (SSSR count). The fourth-order valence-corrected chi connectivity index (χ4v) is 3.42. The van der Waals surface area contributed by atoms with Gasteiger partial charge in [0.25, 0.3) is 0 Å². The van der Waals surface area contributed by atoms with Crippen LogP contribution in [0, 0.1) is 12.8 Å². The lowest BCUT2D eigenvalue weighted by Gasteiger charge is -2.23. The van der Waals surface area contributed by atoms with Crippen molar-refractivity contribution in [3.05, 3.63) is 40.9 Å². The van der Waals surface area contributed by atoms with E-state index in [0.717, 1.165) is 24.3 Å². The summed E-state index contributed by atoms with van der Waals surface area (Å²) >= 11 is 0. The summed E-state index contributed by atoms with van der Waals surface area (Å²) in [5.74, 6) is 0.701. The average molecular weight is 266 g/mol. The molecular weight excluding hydrogens is 248 g/mol. The monoisotopic (exact) mass is 266 g/mol. The van der Waals surface area contributed by atoms with Crippen LogP contribution in [0.5, 0.6) is 0 Å². The van der Waals surface area contributed by atoms with Gasteiger partial charge in [-0.25, -0.2) is 9.50 Å². The molecule has 1 aliphatic carbocycles. The molecule has 102 valence electrons. The minimum atomic E-state index is 0.701. The van der Waals surface area contributed by atoms with Crippen LogP contribution < -0.4 is 0 Å². The summed E-state index contributed by atoms with van der Waals surface area (Å²) in [6.07, 6.45) is 8.65. The molecule has 1 aliphatic heterocycles. The van der Waals surface area contributed by atoms with Gasteiger partial charge in [-0.1, -0.05) is 0 Å². The Bertz CT molecular complexity index is 723. The van der Waals surface area contributed by atoms with Crippen LogP contribution in [-0.4, -0.2) is 27.4 Å². The summed E-state index contributed by atoms with van der Waals surface area (Å²) in [5.41, 5.74) is 6.37. The molecule has 2 aliphatic rings. The van der Waals surface area contributed by atoms with E-state index in [-0.39, 0.29) is 0 Å². The van der Waals surface area contributed by atoms with Gasteiger partial charge < -0.3 is 0 Å². The van der Waals surface area contributed by atoms with Crippen LogP contribution in [-0.2, 0) is 6.42 Å². The zero-order valence-electron chi connectivity index (χ0n) is 11.7. The summed E-state index contributed by atoms with van der Waals surface area (Å²) in [5, 5.41) is 4.41. The number of nitrogens with zero attached hydrogens (tertiary/aromatic N) is 4. The zero-order chi connectivity index (χ0) is 13.5. The highest BCUT2D eigenvalue weighted by Gasteiger charge is 2.23. The van der Waals surface area contributed by atoms with Gasteiger partial charge in [-0.05, 0) is 55.7 Å². The maximum absolute atomic E-state index is 4.51. The Morgan fingerprint density at radius 1 is 1.40 bits per heavy atom. The predicted octanol–water partition coefficient (Wildman–Crippen LogP) is 2.76. The van der Waals surface area contributed by atoms with E-state index in [0.29, 0.717) is 5.92 Å². The summed E-state index contributed by atoms with van der Waals surface area (Å²) < 4.78 is 1.99. The van der Waals surface area contributed by atoms with Crippen molar-refractivity contribution < 1.29 is 0 Å². The standard InChI is InChI=1S/C16H18N4/c1-11-6-15(20-16(19-11)4-5-18-20)8-12-2-3-13-9-17-10-14(13)7-12/h4-6,10,12H,2-3,7-9H2,1H3. The van der Waals surface area contributed by atoms with E-state index in [1.165, 1.54) is 30.5 Å². The van der Waals surface area contributed by atoms with E-state index in [1.807, 2.05) is 16.8 Å². The third-order valence-corrected chi connectivity index (χ3v) is 4.41. The normalized spacial score (nSPS) is 21.8. The third kappa shape index (κ3) is 1.96. The highest BCUT2D eigenvalue weighted by atomic mass is 15.2. The molecule has 3 heterocycles. The van der Waals surface area contributed by atoms with Crippen LogP contribution in [0.3, 0.4) is 0 Å². The van der Waals surface area contributed by atoms with E-state index in [2.05, 4.69) is 34.3 Å².